The van der Waals surface area contributed by atoms with Gasteiger partial charge < -0.3 is 5.32 Å². The van der Waals surface area contributed by atoms with Crippen LogP contribution in [-0.2, 0) is 6.54 Å². The van der Waals surface area contributed by atoms with Crippen LogP contribution in [0.4, 0.5) is 5.82 Å². The first-order valence-electron chi connectivity index (χ1n) is 5.86. The Bertz CT molecular complexity index is 488. The van der Waals surface area contributed by atoms with Crippen molar-refractivity contribution in [2.75, 3.05) is 12.4 Å². The van der Waals surface area contributed by atoms with Gasteiger partial charge >= 0.3 is 0 Å². The molecule has 0 aliphatic rings. The third-order valence-electron chi connectivity index (χ3n) is 2.49. The van der Waals surface area contributed by atoms with Crippen molar-refractivity contribution < 1.29 is 0 Å². The van der Waals surface area contributed by atoms with Crippen molar-refractivity contribution in [3.63, 3.8) is 0 Å². The summed E-state index contributed by atoms with van der Waals surface area (Å²) in [5.41, 5.74) is 2.01. The van der Waals surface area contributed by atoms with E-state index in [2.05, 4.69) is 29.2 Å². The first kappa shape index (κ1) is 11.6. The lowest BCUT2D eigenvalue weighted by molar-refractivity contribution is 0.483. The third kappa shape index (κ3) is 2.84. The maximum atomic E-state index is 4.49. The van der Waals surface area contributed by atoms with E-state index in [4.69, 9.17) is 0 Å². The highest BCUT2D eigenvalue weighted by atomic mass is 15.3. The Hall–Kier alpha value is -1.84. The maximum Gasteiger partial charge on any atom is 0.126 e. The molecule has 17 heavy (non-hydrogen) atoms. The smallest absolute Gasteiger partial charge is 0.126 e. The monoisotopic (exact) mass is 230 g/mol. The van der Waals surface area contributed by atoms with Gasteiger partial charge in [0, 0.05) is 25.4 Å². The zero-order chi connectivity index (χ0) is 12.3. The molecule has 0 radical (unpaired) electrons. The summed E-state index contributed by atoms with van der Waals surface area (Å²) in [6, 6.07) is 5.94. The van der Waals surface area contributed by atoms with Crippen LogP contribution in [0, 0.1) is 5.92 Å². The van der Waals surface area contributed by atoms with Crippen molar-refractivity contribution in [1.82, 2.24) is 14.8 Å². The molecule has 2 aromatic heterocycles. The number of pyridine rings is 1. The molecule has 1 N–H and O–H groups in total. The second kappa shape index (κ2) is 4.99. The molecular formula is C13H18N4. The van der Waals surface area contributed by atoms with Gasteiger partial charge in [-0.25, -0.2) is 4.98 Å². The minimum absolute atomic E-state index is 0.597. The van der Waals surface area contributed by atoms with Crippen LogP contribution in [0.25, 0.3) is 11.3 Å². The molecule has 4 nitrogen and oxygen atoms in total. The Morgan fingerprint density at radius 3 is 2.88 bits per heavy atom. The summed E-state index contributed by atoms with van der Waals surface area (Å²) in [4.78, 5) is 4.49. The molecule has 0 aromatic carbocycles. The SMILES string of the molecule is CNc1cccc(-c2cnn(CC(C)C)c2)n1. The normalized spacial score (nSPS) is 10.8. The molecule has 2 rings (SSSR count). The van der Waals surface area contributed by atoms with Gasteiger partial charge in [-0.05, 0) is 18.1 Å². The van der Waals surface area contributed by atoms with Gasteiger partial charge in [0.1, 0.15) is 5.82 Å². The molecule has 2 heterocycles. The number of hydrogen-bond acceptors (Lipinski definition) is 3. The Morgan fingerprint density at radius 2 is 2.18 bits per heavy atom. The van der Waals surface area contributed by atoms with Gasteiger partial charge in [0.25, 0.3) is 0 Å². The summed E-state index contributed by atoms with van der Waals surface area (Å²) >= 11 is 0. The van der Waals surface area contributed by atoms with Crippen LogP contribution in [-0.4, -0.2) is 21.8 Å². The number of nitrogens with one attached hydrogen (secondary N) is 1. The molecule has 0 aliphatic heterocycles. The Kier molecular flexibility index (Phi) is 3.42. The van der Waals surface area contributed by atoms with Crippen molar-refractivity contribution in [3.05, 3.63) is 30.6 Å². The van der Waals surface area contributed by atoms with E-state index in [1.54, 1.807) is 0 Å². The average molecular weight is 230 g/mol. The number of anilines is 1. The number of nitrogens with zero attached hydrogens (tertiary/aromatic N) is 3. The van der Waals surface area contributed by atoms with E-state index in [1.165, 1.54) is 0 Å². The van der Waals surface area contributed by atoms with Crippen LogP contribution in [0.3, 0.4) is 0 Å². The van der Waals surface area contributed by atoms with E-state index >= 15 is 0 Å². The van der Waals surface area contributed by atoms with Crippen molar-refractivity contribution in [2.24, 2.45) is 5.92 Å². The van der Waals surface area contributed by atoms with Crippen LogP contribution < -0.4 is 5.32 Å². The molecule has 0 unspecified atom stereocenters. The minimum atomic E-state index is 0.597. The molecule has 90 valence electrons. The molecule has 0 amide bonds. The average Bonchev–Trinajstić information content (AvgIpc) is 2.77. The first-order chi connectivity index (χ1) is 8.19. The summed E-state index contributed by atoms with van der Waals surface area (Å²) in [7, 11) is 1.87. The topological polar surface area (TPSA) is 42.7 Å². The lowest BCUT2D eigenvalue weighted by atomic mass is 10.2. The molecular weight excluding hydrogens is 212 g/mol. The zero-order valence-corrected chi connectivity index (χ0v) is 10.5. The van der Waals surface area contributed by atoms with Crippen LogP contribution >= 0.6 is 0 Å². The Morgan fingerprint density at radius 1 is 1.35 bits per heavy atom. The quantitative estimate of drug-likeness (QED) is 0.878. The van der Waals surface area contributed by atoms with E-state index in [9.17, 15) is 0 Å². The lowest BCUT2D eigenvalue weighted by Gasteiger charge is -2.03. The minimum Gasteiger partial charge on any atom is -0.373 e. The van der Waals surface area contributed by atoms with E-state index in [0.717, 1.165) is 23.6 Å². The van der Waals surface area contributed by atoms with Gasteiger partial charge in [0.2, 0.25) is 0 Å². The van der Waals surface area contributed by atoms with E-state index < -0.39 is 0 Å². The predicted octanol–water partition coefficient (Wildman–Crippen LogP) is 2.64. The molecule has 0 atom stereocenters. The largest absolute Gasteiger partial charge is 0.373 e. The summed E-state index contributed by atoms with van der Waals surface area (Å²) in [6.07, 6.45) is 3.91. The second-order valence-corrected chi connectivity index (χ2v) is 4.50. The number of rotatable bonds is 4. The number of hydrogen-bond donors (Lipinski definition) is 1. The fourth-order valence-electron chi connectivity index (χ4n) is 1.70. The van der Waals surface area contributed by atoms with Crippen molar-refractivity contribution in [2.45, 2.75) is 20.4 Å². The molecule has 0 aliphatic carbocycles. The molecule has 4 heteroatoms. The van der Waals surface area contributed by atoms with Crippen molar-refractivity contribution in [1.29, 1.82) is 0 Å². The first-order valence-corrected chi connectivity index (χ1v) is 5.86. The van der Waals surface area contributed by atoms with Crippen molar-refractivity contribution in [3.8, 4) is 11.3 Å². The maximum absolute atomic E-state index is 4.49. The fraction of sp³-hybridized carbons (Fsp3) is 0.385. The van der Waals surface area contributed by atoms with Gasteiger partial charge in [-0.3, -0.25) is 4.68 Å². The van der Waals surface area contributed by atoms with Gasteiger partial charge in [-0.15, -0.1) is 0 Å². The molecule has 0 saturated carbocycles. The third-order valence-corrected chi connectivity index (χ3v) is 2.49. The van der Waals surface area contributed by atoms with Crippen LogP contribution in [0.5, 0.6) is 0 Å². The van der Waals surface area contributed by atoms with Gasteiger partial charge in [-0.1, -0.05) is 19.9 Å². The van der Waals surface area contributed by atoms with E-state index in [-0.39, 0.29) is 0 Å². The fourth-order valence-corrected chi connectivity index (χ4v) is 1.70. The Balaban J connectivity index is 2.24. The molecule has 0 bridgehead atoms. The summed E-state index contributed by atoms with van der Waals surface area (Å²) in [6.45, 7) is 5.30. The Labute approximate surface area is 102 Å². The molecule has 0 saturated heterocycles. The van der Waals surface area contributed by atoms with Crippen LogP contribution in [0.1, 0.15) is 13.8 Å². The highest BCUT2D eigenvalue weighted by molar-refractivity contribution is 5.59. The number of aromatic nitrogens is 3. The van der Waals surface area contributed by atoms with Gasteiger partial charge in [0.05, 0.1) is 11.9 Å². The molecule has 0 fully saturated rings. The van der Waals surface area contributed by atoms with Crippen LogP contribution in [0.2, 0.25) is 0 Å². The van der Waals surface area contributed by atoms with Crippen LogP contribution in [0.15, 0.2) is 30.6 Å². The summed E-state index contributed by atoms with van der Waals surface area (Å²) in [5.74, 6) is 1.47. The predicted molar refractivity (Wildman–Crippen MR) is 69.8 cm³/mol. The molecule has 0 spiro atoms. The highest BCUT2D eigenvalue weighted by Gasteiger charge is 2.04. The molecule has 2 aromatic rings. The highest BCUT2D eigenvalue weighted by Crippen LogP contribution is 2.18. The van der Waals surface area contributed by atoms with Crippen molar-refractivity contribution >= 4 is 5.82 Å². The summed E-state index contributed by atoms with van der Waals surface area (Å²) in [5, 5.41) is 7.38. The van der Waals surface area contributed by atoms with Gasteiger partial charge in [-0.2, -0.15) is 5.10 Å². The van der Waals surface area contributed by atoms with E-state index in [0.29, 0.717) is 5.92 Å². The zero-order valence-electron chi connectivity index (χ0n) is 10.5. The van der Waals surface area contributed by atoms with Gasteiger partial charge in [0.15, 0.2) is 0 Å². The standard InChI is InChI=1S/C13H18N4/c1-10(2)8-17-9-11(7-15-17)12-5-4-6-13(14-3)16-12/h4-7,9-10H,8H2,1-3H3,(H,14,16). The summed E-state index contributed by atoms with van der Waals surface area (Å²) < 4.78 is 1.97. The second-order valence-electron chi connectivity index (χ2n) is 4.50. The lowest BCUT2D eigenvalue weighted by Crippen LogP contribution is -2.04. The van der Waals surface area contributed by atoms with E-state index in [1.807, 2.05) is 42.3 Å².